The maximum Gasteiger partial charge on any atom is 0.307 e. The lowest BCUT2D eigenvalue weighted by Gasteiger charge is -2.19. The molecule has 5 nitrogen and oxygen atoms in total. The normalized spacial score (nSPS) is 12.6. The number of halogens is 2. The van der Waals surface area contributed by atoms with Crippen LogP contribution in [0.25, 0.3) is 0 Å². The van der Waals surface area contributed by atoms with Crippen LogP contribution in [0.2, 0.25) is 5.02 Å². The fraction of sp³-hybridized carbons (Fsp3) is 0.188. The van der Waals surface area contributed by atoms with Crippen LogP contribution < -0.4 is 4.72 Å². The number of hydrogen-bond acceptors (Lipinski definition) is 4. The maximum absolute atomic E-state index is 12.6. The lowest BCUT2D eigenvalue weighted by atomic mass is 10.1. The van der Waals surface area contributed by atoms with Gasteiger partial charge in [-0.3, -0.25) is 4.79 Å². The van der Waals surface area contributed by atoms with Gasteiger partial charge < -0.3 is 4.74 Å². The van der Waals surface area contributed by atoms with Crippen molar-refractivity contribution in [2.24, 2.45) is 0 Å². The summed E-state index contributed by atoms with van der Waals surface area (Å²) >= 11 is 9.41. The van der Waals surface area contributed by atoms with Crippen LogP contribution in [0.1, 0.15) is 18.0 Å². The molecule has 0 saturated carbocycles. The van der Waals surface area contributed by atoms with E-state index in [9.17, 15) is 13.2 Å². The largest absolute Gasteiger partial charge is 0.469 e. The molecule has 0 aliphatic carbocycles. The minimum absolute atomic E-state index is 0.0904. The highest BCUT2D eigenvalue weighted by Crippen LogP contribution is 2.27. The molecule has 0 aliphatic rings. The molecule has 0 aromatic heterocycles. The van der Waals surface area contributed by atoms with Crippen LogP contribution in [0.15, 0.2) is 57.9 Å². The summed E-state index contributed by atoms with van der Waals surface area (Å²) in [5, 5.41) is 0.366. The Morgan fingerprint density at radius 2 is 1.83 bits per heavy atom. The van der Waals surface area contributed by atoms with Crippen molar-refractivity contribution in [1.29, 1.82) is 0 Å². The first-order valence-electron chi connectivity index (χ1n) is 6.92. The average Bonchev–Trinajstić information content (AvgIpc) is 2.54. The molecule has 0 aliphatic heterocycles. The molecule has 1 atom stereocenters. The molecule has 2 aromatic carbocycles. The number of carbonyl (C=O) groups is 1. The minimum Gasteiger partial charge on any atom is -0.469 e. The van der Waals surface area contributed by atoms with E-state index in [-0.39, 0.29) is 11.3 Å². The molecule has 128 valence electrons. The fourth-order valence-corrected chi connectivity index (χ4v) is 3.84. The summed E-state index contributed by atoms with van der Waals surface area (Å²) < 4.78 is 33.1. The van der Waals surface area contributed by atoms with E-state index in [4.69, 9.17) is 11.6 Å². The third kappa shape index (κ3) is 4.80. The third-order valence-corrected chi connectivity index (χ3v) is 5.66. The predicted octanol–water partition coefficient (Wildman–Crippen LogP) is 3.69. The Morgan fingerprint density at radius 3 is 2.42 bits per heavy atom. The lowest BCUT2D eigenvalue weighted by Crippen LogP contribution is -2.30. The standard InChI is InChI=1S/C16H15BrClNO4S/c1-23-16(20)10-15(13-4-2-3-5-14(13)18)19-24(21,22)12-8-6-11(17)7-9-12/h2-9,15,19H,10H2,1H3. The van der Waals surface area contributed by atoms with Crippen LogP contribution >= 0.6 is 27.5 Å². The molecule has 0 spiro atoms. The van der Waals surface area contributed by atoms with Crippen molar-refractivity contribution in [3.05, 3.63) is 63.6 Å². The van der Waals surface area contributed by atoms with E-state index in [2.05, 4.69) is 25.4 Å². The number of benzene rings is 2. The van der Waals surface area contributed by atoms with Crippen molar-refractivity contribution in [2.75, 3.05) is 7.11 Å². The molecule has 0 amide bonds. The van der Waals surface area contributed by atoms with E-state index in [1.54, 1.807) is 36.4 Å². The summed E-state index contributed by atoms with van der Waals surface area (Å²) in [6.45, 7) is 0. The lowest BCUT2D eigenvalue weighted by molar-refractivity contribution is -0.141. The highest BCUT2D eigenvalue weighted by Gasteiger charge is 2.25. The molecule has 1 N–H and O–H groups in total. The van der Waals surface area contributed by atoms with Gasteiger partial charge in [-0.1, -0.05) is 45.7 Å². The van der Waals surface area contributed by atoms with E-state index in [0.29, 0.717) is 10.6 Å². The van der Waals surface area contributed by atoms with E-state index < -0.39 is 22.0 Å². The van der Waals surface area contributed by atoms with Gasteiger partial charge in [-0.2, -0.15) is 0 Å². The van der Waals surface area contributed by atoms with E-state index in [1.165, 1.54) is 19.2 Å². The Bertz CT molecular complexity index is 824. The molecule has 0 bridgehead atoms. The quantitative estimate of drug-likeness (QED) is 0.707. The number of methoxy groups -OCH3 is 1. The Kier molecular flexibility index (Phi) is 6.40. The summed E-state index contributed by atoms with van der Waals surface area (Å²) in [7, 11) is -2.59. The zero-order chi connectivity index (χ0) is 17.7. The van der Waals surface area contributed by atoms with Crippen LogP contribution in [0, 0.1) is 0 Å². The van der Waals surface area contributed by atoms with Gasteiger partial charge in [0.05, 0.1) is 24.5 Å². The van der Waals surface area contributed by atoms with Crippen molar-refractivity contribution in [2.45, 2.75) is 17.4 Å². The van der Waals surface area contributed by atoms with Gasteiger partial charge in [-0.15, -0.1) is 0 Å². The highest BCUT2D eigenvalue weighted by atomic mass is 79.9. The predicted molar refractivity (Wildman–Crippen MR) is 95.3 cm³/mol. The molecule has 24 heavy (non-hydrogen) atoms. The number of esters is 1. The Labute approximate surface area is 154 Å². The highest BCUT2D eigenvalue weighted by molar-refractivity contribution is 9.10. The second-order valence-electron chi connectivity index (χ2n) is 4.93. The van der Waals surface area contributed by atoms with E-state index >= 15 is 0 Å². The van der Waals surface area contributed by atoms with Crippen molar-refractivity contribution in [1.82, 2.24) is 4.72 Å². The number of nitrogens with one attached hydrogen (secondary N) is 1. The summed E-state index contributed by atoms with van der Waals surface area (Å²) in [5.74, 6) is -0.543. The monoisotopic (exact) mass is 431 g/mol. The average molecular weight is 433 g/mol. The number of sulfonamides is 1. The topological polar surface area (TPSA) is 72.5 Å². The van der Waals surface area contributed by atoms with Gasteiger partial charge in [-0.25, -0.2) is 13.1 Å². The molecule has 0 heterocycles. The fourth-order valence-electron chi connectivity index (χ4n) is 2.09. The Hall–Kier alpha value is -1.41. The third-order valence-electron chi connectivity index (χ3n) is 3.30. The molecule has 2 aromatic rings. The first-order chi connectivity index (χ1) is 11.3. The van der Waals surface area contributed by atoms with Gasteiger partial charge in [0.25, 0.3) is 0 Å². The molecule has 0 saturated heterocycles. The van der Waals surface area contributed by atoms with Crippen molar-refractivity contribution in [3.63, 3.8) is 0 Å². The second-order valence-corrected chi connectivity index (χ2v) is 7.97. The summed E-state index contributed by atoms with van der Waals surface area (Å²) in [4.78, 5) is 11.8. The molecular formula is C16H15BrClNO4S. The SMILES string of the molecule is COC(=O)CC(NS(=O)(=O)c1ccc(Br)cc1)c1ccccc1Cl. The zero-order valence-corrected chi connectivity index (χ0v) is 15.9. The summed E-state index contributed by atoms with van der Waals surface area (Å²) in [5.41, 5.74) is 0.505. The summed E-state index contributed by atoms with van der Waals surface area (Å²) in [6, 6.07) is 12.1. The van der Waals surface area contributed by atoms with Crippen molar-refractivity contribution < 1.29 is 17.9 Å². The van der Waals surface area contributed by atoms with Gasteiger partial charge >= 0.3 is 5.97 Å². The van der Waals surface area contributed by atoms with Crippen molar-refractivity contribution >= 4 is 43.5 Å². The smallest absolute Gasteiger partial charge is 0.307 e. The van der Waals surface area contributed by atoms with Gasteiger partial charge in [-0.05, 0) is 35.9 Å². The molecule has 1 unspecified atom stereocenters. The Morgan fingerprint density at radius 1 is 1.21 bits per heavy atom. The van der Waals surface area contributed by atoms with Gasteiger partial charge in [0.1, 0.15) is 0 Å². The number of hydrogen-bond donors (Lipinski definition) is 1. The van der Waals surface area contributed by atoms with Crippen LogP contribution in [0.3, 0.4) is 0 Å². The van der Waals surface area contributed by atoms with Crippen LogP contribution in [-0.4, -0.2) is 21.5 Å². The second kappa shape index (κ2) is 8.11. The maximum atomic E-state index is 12.6. The first-order valence-corrected chi connectivity index (χ1v) is 9.58. The zero-order valence-electron chi connectivity index (χ0n) is 12.7. The van der Waals surface area contributed by atoms with Crippen LogP contribution in [-0.2, 0) is 19.6 Å². The minimum atomic E-state index is -3.83. The van der Waals surface area contributed by atoms with E-state index in [1.807, 2.05) is 0 Å². The van der Waals surface area contributed by atoms with Gasteiger partial charge in [0.2, 0.25) is 10.0 Å². The van der Waals surface area contributed by atoms with Gasteiger partial charge in [0, 0.05) is 9.50 Å². The molecule has 0 fully saturated rings. The molecule has 8 heteroatoms. The number of carbonyl (C=O) groups excluding carboxylic acids is 1. The first kappa shape index (κ1) is 18.9. The molecule has 0 radical (unpaired) electrons. The van der Waals surface area contributed by atoms with Crippen LogP contribution in [0.4, 0.5) is 0 Å². The van der Waals surface area contributed by atoms with Gasteiger partial charge in [0.15, 0.2) is 0 Å². The van der Waals surface area contributed by atoms with Crippen molar-refractivity contribution in [3.8, 4) is 0 Å². The van der Waals surface area contributed by atoms with E-state index in [0.717, 1.165) is 4.47 Å². The molecular weight excluding hydrogens is 418 g/mol. The Balaban J connectivity index is 2.36. The summed E-state index contributed by atoms with van der Waals surface area (Å²) in [6.07, 6.45) is -0.171. The number of rotatable bonds is 6. The van der Waals surface area contributed by atoms with Crippen LogP contribution in [0.5, 0.6) is 0 Å². The number of ether oxygens (including phenoxy) is 1. The molecule has 2 rings (SSSR count).